The van der Waals surface area contributed by atoms with Gasteiger partial charge in [-0.3, -0.25) is 48.3 Å². The van der Waals surface area contributed by atoms with Crippen molar-refractivity contribution >= 4 is 81.8 Å². The molecule has 0 bridgehead atoms. The van der Waals surface area contributed by atoms with Gasteiger partial charge in [-0.05, 0) is 37.3 Å². The third-order valence-electron chi connectivity index (χ3n) is 9.67. The molecule has 0 unspecified atom stereocenters. The number of nitrogens with zero attached hydrogens (tertiary/aromatic N) is 4. The minimum absolute atomic E-state index is 0.0184. The number of nitrogens with one attached hydrogen (secondary N) is 5. The normalized spacial score (nSPS) is 18.9. The van der Waals surface area contributed by atoms with E-state index < -0.39 is 95.8 Å². The summed E-state index contributed by atoms with van der Waals surface area (Å²) < 4.78 is 0. The van der Waals surface area contributed by atoms with Crippen molar-refractivity contribution in [3.05, 3.63) is 36.0 Å². The van der Waals surface area contributed by atoms with Gasteiger partial charge in [0.15, 0.2) is 11.9 Å². The number of carbonyl (C=O) groups is 8. The molecular formula is C36H53N15O8S. The van der Waals surface area contributed by atoms with Gasteiger partial charge in [-0.25, -0.2) is 0 Å². The van der Waals surface area contributed by atoms with Crippen LogP contribution in [0.2, 0.25) is 0 Å². The number of hydrogen-bond acceptors (Lipinski definition) is 11. The van der Waals surface area contributed by atoms with Gasteiger partial charge in [0.2, 0.25) is 47.3 Å². The fraction of sp³-hybridized carbons (Fsp3) is 0.500. The molecule has 2 aliphatic rings. The Morgan fingerprint density at radius 3 is 2.12 bits per heavy atom. The number of aromatic amines is 1. The number of primary amides is 2. The smallest absolute Gasteiger partial charge is 0.247 e. The SMILES string of the molecule is CC(=O)N[C@@H](CCCN=C(N)N)C(=O)N[C@@H](Cc1c[nH]c2ccccc12)C(=O)N[C@H]1CS[C@H]2CN(CC(=O)N[C@@H](CCCN=C(N)N)C(N)=O)C(=O)[C@@H](CC(N)=O)N2C1=O. The Kier molecular flexibility index (Phi) is 16.5. The summed E-state index contributed by atoms with van der Waals surface area (Å²) in [6.07, 6.45) is 2.00. The monoisotopic (exact) mass is 855 g/mol. The van der Waals surface area contributed by atoms with Gasteiger partial charge in [0, 0.05) is 49.3 Å². The van der Waals surface area contributed by atoms with Crippen molar-refractivity contribution < 1.29 is 38.4 Å². The third kappa shape index (κ3) is 13.0. The lowest BCUT2D eigenvalue weighted by atomic mass is 10.0. The molecule has 6 atom stereocenters. The Hall–Kier alpha value is -6.59. The predicted molar refractivity (Wildman–Crippen MR) is 222 cm³/mol. The van der Waals surface area contributed by atoms with Gasteiger partial charge in [0.05, 0.1) is 24.9 Å². The number of para-hydroxylation sites is 1. The quantitative estimate of drug-likeness (QED) is 0.0320. The van der Waals surface area contributed by atoms with E-state index in [2.05, 4.69) is 36.2 Å². The average Bonchev–Trinajstić information content (AvgIpc) is 3.58. The molecule has 0 aliphatic carbocycles. The maximum atomic E-state index is 14.2. The summed E-state index contributed by atoms with van der Waals surface area (Å²) in [5, 5.41) is 10.6. The van der Waals surface area contributed by atoms with Gasteiger partial charge in [-0.1, -0.05) is 18.2 Å². The Bertz CT molecular complexity index is 2000. The molecule has 3 heterocycles. The molecule has 23 nitrogen and oxygen atoms in total. The van der Waals surface area contributed by atoms with E-state index in [0.29, 0.717) is 18.4 Å². The van der Waals surface area contributed by atoms with E-state index in [0.717, 1.165) is 15.8 Å². The topological polar surface area (TPSA) is 388 Å². The summed E-state index contributed by atoms with van der Waals surface area (Å²) >= 11 is 1.19. The van der Waals surface area contributed by atoms with Crippen LogP contribution in [0.3, 0.4) is 0 Å². The summed E-state index contributed by atoms with van der Waals surface area (Å²) in [4.78, 5) is 118. The first kappa shape index (κ1) is 46.1. The molecule has 0 saturated carbocycles. The van der Waals surface area contributed by atoms with Crippen LogP contribution in [0, 0.1) is 0 Å². The van der Waals surface area contributed by atoms with E-state index >= 15 is 0 Å². The number of benzene rings is 1. The number of carbonyl (C=O) groups excluding carboxylic acids is 8. The van der Waals surface area contributed by atoms with Crippen LogP contribution >= 0.6 is 11.8 Å². The van der Waals surface area contributed by atoms with Crippen LogP contribution in [0.1, 0.15) is 44.6 Å². The largest absolute Gasteiger partial charge is 0.370 e. The maximum Gasteiger partial charge on any atom is 0.247 e. The number of fused-ring (bicyclic) bond motifs is 2. The molecule has 17 N–H and O–H groups in total. The van der Waals surface area contributed by atoms with Crippen LogP contribution in [-0.4, -0.2) is 141 Å². The number of aliphatic imine (C=N–C) groups is 2. The molecule has 2 aromatic rings. The van der Waals surface area contributed by atoms with E-state index in [1.807, 2.05) is 24.3 Å². The lowest BCUT2D eigenvalue weighted by Gasteiger charge is -2.49. The molecule has 60 heavy (non-hydrogen) atoms. The first-order valence-electron chi connectivity index (χ1n) is 19.1. The number of rotatable bonds is 21. The van der Waals surface area contributed by atoms with Gasteiger partial charge < -0.3 is 70.5 Å². The molecule has 1 aromatic heterocycles. The van der Waals surface area contributed by atoms with Crippen LogP contribution in [-0.2, 0) is 44.8 Å². The second kappa shape index (κ2) is 21.4. The molecule has 4 rings (SSSR count). The summed E-state index contributed by atoms with van der Waals surface area (Å²) in [6.45, 7) is 0.974. The second-order valence-corrected chi connectivity index (χ2v) is 15.5. The standard InChI is InChI=1S/C36H53N15O8S/c1-18(52)46-23(9-5-11-44-36(41)42)31(56)48-24(12-19-14-45-21-7-3-2-6-20(19)21)32(57)49-25-17-60-29-16-50(34(59)26(13-27(37)53)51(29)33(25)58)15-28(54)47-22(30(38)55)8-4-10-43-35(39)40/h2-3,6-7,14,22-26,29,45H,4-5,8-13,15-17H2,1H3,(H2,37,53)(H2,38,55)(H,46,52)(H,47,54)(H,48,56)(H,49,57)(H4,39,40,43)(H4,41,42,44)/t22-,23-,24-,25-,26+,29-/m0/s1. The number of nitrogens with two attached hydrogens (primary N) is 6. The van der Waals surface area contributed by atoms with E-state index in [9.17, 15) is 38.4 Å². The van der Waals surface area contributed by atoms with Crippen molar-refractivity contribution in [2.45, 2.75) is 81.0 Å². The number of piperazine rings is 1. The minimum atomic E-state index is -1.42. The van der Waals surface area contributed by atoms with Gasteiger partial charge in [-0.15, -0.1) is 11.8 Å². The highest BCUT2D eigenvalue weighted by Crippen LogP contribution is 2.32. The molecule has 2 aliphatic heterocycles. The lowest BCUT2D eigenvalue weighted by molar-refractivity contribution is -0.157. The number of hydrogen-bond donors (Lipinski definition) is 11. The van der Waals surface area contributed by atoms with E-state index in [1.54, 1.807) is 6.20 Å². The Morgan fingerprint density at radius 2 is 1.50 bits per heavy atom. The van der Waals surface area contributed by atoms with Crippen molar-refractivity contribution in [1.82, 2.24) is 36.1 Å². The Balaban J connectivity index is 1.51. The molecule has 1 aromatic carbocycles. The highest BCUT2D eigenvalue weighted by molar-refractivity contribution is 8.00. The number of aromatic nitrogens is 1. The molecular weight excluding hydrogens is 803 g/mol. The predicted octanol–water partition coefficient (Wildman–Crippen LogP) is -4.75. The van der Waals surface area contributed by atoms with Crippen LogP contribution in [0.15, 0.2) is 40.4 Å². The molecule has 2 saturated heterocycles. The van der Waals surface area contributed by atoms with Crippen LogP contribution in [0.25, 0.3) is 10.9 Å². The number of amides is 8. The first-order chi connectivity index (χ1) is 28.4. The number of thioether (sulfide) groups is 1. The fourth-order valence-corrected chi connectivity index (χ4v) is 8.24. The zero-order valence-electron chi connectivity index (χ0n) is 33.1. The zero-order valence-corrected chi connectivity index (χ0v) is 33.9. The summed E-state index contributed by atoms with van der Waals surface area (Å²) in [7, 11) is 0. The van der Waals surface area contributed by atoms with Gasteiger partial charge in [-0.2, -0.15) is 0 Å². The third-order valence-corrected chi connectivity index (χ3v) is 11.0. The van der Waals surface area contributed by atoms with Crippen molar-refractivity contribution in [2.75, 3.05) is 31.9 Å². The summed E-state index contributed by atoms with van der Waals surface area (Å²) in [5.41, 5.74) is 33.9. The van der Waals surface area contributed by atoms with Gasteiger partial charge in [0.1, 0.15) is 30.2 Å². The van der Waals surface area contributed by atoms with Crippen LogP contribution < -0.4 is 55.7 Å². The molecule has 8 amide bonds. The average molecular weight is 856 g/mol. The second-order valence-electron chi connectivity index (χ2n) is 14.3. The van der Waals surface area contributed by atoms with E-state index in [-0.39, 0.29) is 56.6 Å². The van der Waals surface area contributed by atoms with Gasteiger partial charge >= 0.3 is 0 Å². The van der Waals surface area contributed by atoms with Crippen LogP contribution in [0.4, 0.5) is 0 Å². The van der Waals surface area contributed by atoms with Gasteiger partial charge in [0.25, 0.3) is 0 Å². The molecule has 326 valence electrons. The minimum Gasteiger partial charge on any atom is -0.370 e. The Labute approximate surface area is 348 Å². The van der Waals surface area contributed by atoms with Crippen molar-refractivity contribution in [3.8, 4) is 0 Å². The van der Waals surface area contributed by atoms with Crippen molar-refractivity contribution in [3.63, 3.8) is 0 Å². The van der Waals surface area contributed by atoms with E-state index in [1.165, 1.54) is 23.6 Å². The molecule has 0 radical (unpaired) electrons. The highest BCUT2D eigenvalue weighted by atomic mass is 32.2. The zero-order chi connectivity index (χ0) is 44.1. The van der Waals surface area contributed by atoms with Crippen molar-refractivity contribution in [1.29, 1.82) is 0 Å². The van der Waals surface area contributed by atoms with E-state index in [4.69, 9.17) is 34.4 Å². The first-order valence-corrected chi connectivity index (χ1v) is 20.1. The molecule has 24 heteroatoms. The fourth-order valence-electron chi connectivity index (χ4n) is 6.90. The summed E-state index contributed by atoms with van der Waals surface area (Å²) in [6, 6.07) is 1.31. The lowest BCUT2D eigenvalue weighted by Crippen LogP contribution is -2.69. The molecule has 2 fully saturated rings. The number of guanidine groups is 2. The maximum absolute atomic E-state index is 14.2. The number of H-pyrrole nitrogens is 1. The Morgan fingerprint density at radius 1 is 0.850 bits per heavy atom. The van der Waals surface area contributed by atoms with Crippen molar-refractivity contribution in [2.24, 2.45) is 44.4 Å². The highest BCUT2D eigenvalue weighted by Gasteiger charge is 2.49. The summed E-state index contributed by atoms with van der Waals surface area (Å²) in [5.74, 6) is -5.99. The molecule has 0 spiro atoms. The van der Waals surface area contributed by atoms with Crippen LogP contribution in [0.5, 0.6) is 0 Å².